The van der Waals surface area contributed by atoms with Crippen LogP contribution in [0.5, 0.6) is 0 Å². The number of carbonyl (C=O) groups excluding carboxylic acids is 1. The average Bonchev–Trinajstić information content (AvgIpc) is 2.94. The Hall–Kier alpha value is -1.72. The molecule has 1 aromatic heterocycles. The molecule has 21 heavy (non-hydrogen) atoms. The first-order chi connectivity index (χ1) is 10.2. The number of aromatic nitrogens is 1. The third-order valence-corrected chi connectivity index (χ3v) is 5.05. The van der Waals surface area contributed by atoms with E-state index >= 15 is 0 Å². The molecular weight excluding hydrogens is 284 g/mol. The summed E-state index contributed by atoms with van der Waals surface area (Å²) in [6.07, 6.45) is 1.84. The van der Waals surface area contributed by atoms with Gasteiger partial charge in [-0.3, -0.25) is 4.79 Å². The third-order valence-electron chi connectivity index (χ3n) is 4.12. The Morgan fingerprint density at radius 2 is 2.29 bits per heavy atom. The summed E-state index contributed by atoms with van der Waals surface area (Å²) < 4.78 is 0. The van der Waals surface area contributed by atoms with Crippen molar-refractivity contribution in [1.82, 2.24) is 10.3 Å². The molecule has 0 bridgehead atoms. The van der Waals surface area contributed by atoms with Crippen molar-refractivity contribution in [2.24, 2.45) is 5.92 Å². The van der Waals surface area contributed by atoms with E-state index in [2.05, 4.69) is 16.4 Å². The lowest BCUT2D eigenvalue weighted by Crippen LogP contribution is -2.37. The van der Waals surface area contributed by atoms with E-state index in [1.54, 1.807) is 5.51 Å². The average molecular weight is 302 g/mol. The molecule has 110 valence electrons. The van der Waals surface area contributed by atoms with Crippen molar-refractivity contribution in [2.75, 3.05) is 6.61 Å². The Labute approximate surface area is 127 Å². The van der Waals surface area contributed by atoms with Crippen LogP contribution in [0.2, 0.25) is 0 Å². The molecule has 1 aromatic carbocycles. The van der Waals surface area contributed by atoms with Gasteiger partial charge in [0.1, 0.15) is 4.88 Å². The van der Waals surface area contributed by atoms with Crippen LogP contribution >= 0.6 is 11.3 Å². The minimum Gasteiger partial charge on any atom is -0.396 e. The van der Waals surface area contributed by atoms with E-state index < -0.39 is 0 Å². The number of thiazole rings is 1. The van der Waals surface area contributed by atoms with Gasteiger partial charge in [-0.2, -0.15) is 0 Å². The molecule has 2 atom stereocenters. The predicted molar refractivity (Wildman–Crippen MR) is 82.4 cm³/mol. The SMILES string of the molecule is Cc1ncsc1C(=O)N[C@H]1c2ccccc2CC[C@@H]1CO. The van der Waals surface area contributed by atoms with E-state index in [-0.39, 0.29) is 24.5 Å². The standard InChI is InChI=1S/C16H18N2O2S/c1-10-15(21-9-17-10)16(20)18-14-12(8-19)7-6-11-4-2-3-5-13(11)14/h2-5,9,12,14,19H,6-8H2,1H3,(H,18,20)/t12-,14-/m1/s1. The number of aryl methyl sites for hydroxylation is 2. The summed E-state index contributed by atoms with van der Waals surface area (Å²) in [6.45, 7) is 1.92. The Morgan fingerprint density at radius 3 is 3.00 bits per heavy atom. The zero-order chi connectivity index (χ0) is 14.8. The second-order valence-electron chi connectivity index (χ2n) is 5.40. The molecule has 1 aliphatic rings. The molecule has 3 rings (SSSR count). The summed E-state index contributed by atoms with van der Waals surface area (Å²) >= 11 is 1.35. The number of carbonyl (C=O) groups is 1. The van der Waals surface area contributed by atoms with E-state index in [0.717, 1.165) is 24.1 Å². The molecule has 1 aliphatic carbocycles. The van der Waals surface area contributed by atoms with Crippen LogP contribution in [0.4, 0.5) is 0 Å². The number of aliphatic hydroxyl groups excluding tert-OH is 1. The van der Waals surface area contributed by atoms with Gasteiger partial charge in [0.05, 0.1) is 17.2 Å². The van der Waals surface area contributed by atoms with Crippen molar-refractivity contribution in [3.63, 3.8) is 0 Å². The molecule has 2 N–H and O–H groups in total. The van der Waals surface area contributed by atoms with Gasteiger partial charge in [0.2, 0.25) is 0 Å². The third kappa shape index (κ3) is 2.71. The molecule has 0 aliphatic heterocycles. The van der Waals surface area contributed by atoms with Gasteiger partial charge in [0, 0.05) is 12.5 Å². The van der Waals surface area contributed by atoms with Gasteiger partial charge in [0.25, 0.3) is 5.91 Å². The first kappa shape index (κ1) is 14.2. The van der Waals surface area contributed by atoms with Crippen molar-refractivity contribution in [3.8, 4) is 0 Å². The van der Waals surface area contributed by atoms with Crippen LogP contribution < -0.4 is 5.32 Å². The lowest BCUT2D eigenvalue weighted by molar-refractivity contribution is 0.0896. The molecule has 2 aromatic rings. The maximum absolute atomic E-state index is 12.4. The number of hydrogen-bond acceptors (Lipinski definition) is 4. The van der Waals surface area contributed by atoms with E-state index in [0.29, 0.717) is 4.88 Å². The van der Waals surface area contributed by atoms with Crippen LogP contribution in [-0.2, 0) is 6.42 Å². The van der Waals surface area contributed by atoms with Gasteiger partial charge < -0.3 is 10.4 Å². The number of nitrogens with one attached hydrogen (secondary N) is 1. The second-order valence-corrected chi connectivity index (χ2v) is 6.25. The zero-order valence-electron chi connectivity index (χ0n) is 11.9. The number of fused-ring (bicyclic) bond motifs is 1. The fourth-order valence-corrected chi connectivity index (χ4v) is 3.65. The van der Waals surface area contributed by atoms with Gasteiger partial charge in [-0.25, -0.2) is 4.98 Å². The van der Waals surface area contributed by atoms with Crippen LogP contribution in [-0.4, -0.2) is 22.6 Å². The lowest BCUT2D eigenvalue weighted by atomic mass is 9.80. The zero-order valence-corrected chi connectivity index (χ0v) is 12.7. The number of nitrogens with zero attached hydrogens (tertiary/aromatic N) is 1. The summed E-state index contributed by atoms with van der Waals surface area (Å²) in [6, 6.07) is 8.01. The summed E-state index contributed by atoms with van der Waals surface area (Å²) in [5.74, 6) is -0.0350. The first-order valence-electron chi connectivity index (χ1n) is 7.10. The van der Waals surface area contributed by atoms with Gasteiger partial charge in [-0.1, -0.05) is 24.3 Å². The molecule has 0 unspecified atom stereocenters. The van der Waals surface area contributed by atoms with Gasteiger partial charge >= 0.3 is 0 Å². The van der Waals surface area contributed by atoms with Gasteiger partial charge in [-0.05, 0) is 30.9 Å². The topological polar surface area (TPSA) is 62.2 Å². The second kappa shape index (κ2) is 5.95. The van der Waals surface area contributed by atoms with Crippen molar-refractivity contribution < 1.29 is 9.90 Å². The minimum atomic E-state index is -0.131. The van der Waals surface area contributed by atoms with Crippen LogP contribution in [0.3, 0.4) is 0 Å². The fourth-order valence-electron chi connectivity index (χ4n) is 2.95. The molecule has 0 saturated heterocycles. The maximum atomic E-state index is 12.4. The monoisotopic (exact) mass is 302 g/mol. The van der Waals surface area contributed by atoms with Crippen LogP contribution in [0.15, 0.2) is 29.8 Å². The van der Waals surface area contributed by atoms with E-state index in [1.807, 2.05) is 25.1 Å². The van der Waals surface area contributed by atoms with Crippen molar-refractivity contribution in [1.29, 1.82) is 0 Å². The number of aliphatic hydroxyl groups is 1. The quantitative estimate of drug-likeness (QED) is 0.915. The maximum Gasteiger partial charge on any atom is 0.263 e. The van der Waals surface area contributed by atoms with E-state index in [1.165, 1.54) is 16.9 Å². The fraction of sp³-hybridized carbons (Fsp3) is 0.375. The highest BCUT2D eigenvalue weighted by molar-refractivity contribution is 7.11. The highest BCUT2D eigenvalue weighted by Gasteiger charge is 2.30. The lowest BCUT2D eigenvalue weighted by Gasteiger charge is -2.33. The molecule has 1 heterocycles. The Morgan fingerprint density at radius 1 is 1.48 bits per heavy atom. The Bertz CT molecular complexity index is 653. The van der Waals surface area contributed by atoms with E-state index in [9.17, 15) is 9.90 Å². The number of rotatable bonds is 3. The summed E-state index contributed by atoms with van der Waals surface area (Å²) in [5.41, 5.74) is 4.82. The number of benzene rings is 1. The number of amides is 1. The minimum absolute atomic E-state index is 0.0667. The Balaban J connectivity index is 1.89. The van der Waals surface area contributed by atoms with Crippen LogP contribution in [0.1, 0.15) is 39.0 Å². The normalized spacial score (nSPS) is 20.9. The van der Waals surface area contributed by atoms with Crippen molar-refractivity contribution in [3.05, 3.63) is 51.5 Å². The molecule has 0 spiro atoms. The van der Waals surface area contributed by atoms with Crippen molar-refractivity contribution >= 4 is 17.2 Å². The molecular formula is C16H18N2O2S. The van der Waals surface area contributed by atoms with E-state index in [4.69, 9.17) is 0 Å². The van der Waals surface area contributed by atoms with Gasteiger partial charge in [0.15, 0.2) is 0 Å². The molecule has 0 fully saturated rings. The molecule has 0 radical (unpaired) electrons. The van der Waals surface area contributed by atoms with Crippen LogP contribution in [0.25, 0.3) is 0 Å². The first-order valence-corrected chi connectivity index (χ1v) is 7.98. The van der Waals surface area contributed by atoms with Crippen LogP contribution in [0, 0.1) is 12.8 Å². The Kier molecular flexibility index (Phi) is 4.03. The predicted octanol–water partition coefficient (Wildman–Crippen LogP) is 2.48. The van der Waals surface area contributed by atoms with Crippen molar-refractivity contribution in [2.45, 2.75) is 25.8 Å². The smallest absolute Gasteiger partial charge is 0.263 e. The summed E-state index contributed by atoms with van der Waals surface area (Å²) in [4.78, 5) is 17.2. The molecule has 1 amide bonds. The summed E-state index contributed by atoms with van der Waals surface area (Å²) in [5, 5.41) is 12.7. The highest BCUT2D eigenvalue weighted by atomic mass is 32.1. The van der Waals surface area contributed by atoms with Gasteiger partial charge in [-0.15, -0.1) is 11.3 Å². The molecule has 5 heteroatoms. The number of hydrogen-bond donors (Lipinski definition) is 2. The molecule has 4 nitrogen and oxygen atoms in total. The highest BCUT2D eigenvalue weighted by Crippen LogP contribution is 2.34. The molecule has 0 saturated carbocycles. The largest absolute Gasteiger partial charge is 0.396 e. The summed E-state index contributed by atoms with van der Waals surface area (Å²) in [7, 11) is 0.